The molecule has 1 aromatic carbocycles. The first-order chi connectivity index (χ1) is 17.2. The maximum Gasteiger partial charge on any atom is 0.416 e. The fourth-order valence-electron chi connectivity index (χ4n) is 4.12. The second kappa shape index (κ2) is 10.7. The van der Waals surface area contributed by atoms with E-state index in [4.69, 9.17) is 4.74 Å². The van der Waals surface area contributed by atoms with Crippen LogP contribution in [-0.2, 0) is 11.0 Å². The quantitative estimate of drug-likeness (QED) is 0.509. The smallest absolute Gasteiger partial charge is 0.416 e. The summed E-state index contributed by atoms with van der Waals surface area (Å²) in [5, 5.41) is 5.06. The minimum atomic E-state index is -4.55. The van der Waals surface area contributed by atoms with Crippen LogP contribution >= 0.6 is 0 Å². The highest BCUT2D eigenvalue weighted by atomic mass is 19.4. The van der Waals surface area contributed by atoms with E-state index < -0.39 is 23.6 Å². The average Bonchev–Trinajstić information content (AvgIpc) is 3.35. The predicted molar refractivity (Wildman–Crippen MR) is 128 cm³/mol. The van der Waals surface area contributed by atoms with Gasteiger partial charge < -0.3 is 24.8 Å². The van der Waals surface area contributed by atoms with Crippen molar-refractivity contribution in [3.05, 3.63) is 72.2 Å². The van der Waals surface area contributed by atoms with Crippen molar-refractivity contribution in [1.82, 2.24) is 14.9 Å². The SMILES string of the molecule is COc1ccc(N2CCC(n3ccc(NC(=O)CNC(=O)c4cccc(C(F)(F)F)c4)c3)CC2)cn1. The number of hydrogen-bond acceptors (Lipinski definition) is 5. The third-order valence-corrected chi connectivity index (χ3v) is 6.04. The lowest BCUT2D eigenvalue weighted by molar-refractivity contribution is -0.137. The number of pyridine rings is 1. The van der Waals surface area contributed by atoms with Gasteiger partial charge in [-0.25, -0.2) is 4.98 Å². The van der Waals surface area contributed by atoms with E-state index in [1.807, 2.05) is 24.5 Å². The van der Waals surface area contributed by atoms with Crippen molar-refractivity contribution in [1.29, 1.82) is 0 Å². The Labute approximate surface area is 206 Å². The number of carbonyl (C=O) groups is 2. The summed E-state index contributed by atoms with van der Waals surface area (Å²) < 4.78 is 45.7. The van der Waals surface area contributed by atoms with Gasteiger partial charge in [-0.15, -0.1) is 0 Å². The van der Waals surface area contributed by atoms with Gasteiger partial charge in [-0.3, -0.25) is 9.59 Å². The fraction of sp³-hybridized carbons (Fsp3) is 0.320. The van der Waals surface area contributed by atoms with E-state index in [1.54, 1.807) is 19.4 Å². The molecule has 1 aliphatic heterocycles. The molecule has 0 aliphatic carbocycles. The van der Waals surface area contributed by atoms with Crippen LogP contribution in [0.5, 0.6) is 5.88 Å². The molecule has 0 saturated carbocycles. The molecule has 4 rings (SSSR count). The molecule has 2 amide bonds. The molecular formula is C25H26F3N5O3. The van der Waals surface area contributed by atoms with Gasteiger partial charge in [0.05, 0.1) is 36.8 Å². The highest BCUT2D eigenvalue weighted by Gasteiger charge is 2.31. The van der Waals surface area contributed by atoms with Gasteiger partial charge in [0, 0.05) is 43.2 Å². The lowest BCUT2D eigenvalue weighted by Gasteiger charge is -2.34. The van der Waals surface area contributed by atoms with Crippen molar-refractivity contribution in [2.45, 2.75) is 25.1 Å². The first-order valence-corrected chi connectivity index (χ1v) is 11.4. The summed E-state index contributed by atoms with van der Waals surface area (Å²) >= 11 is 0. The second-order valence-electron chi connectivity index (χ2n) is 8.43. The summed E-state index contributed by atoms with van der Waals surface area (Å²) in [6.45, 7) is 1.36. The highest BCUT2D eigenvalue weighted by molar-refractivity contribution is 5.99. The number of anilines is 2. The third kappa shape index (κ3) is 6.15. The van der Waals surface area contributed by atoms with Crippen LogP contribution in [0.15, 0.2) is 61.1 Å². The molecule has 11 heteroatoms. The molecule has 36 heavy (non-hydrogen) atoms. The Morgan fingerprint density at radius 2 is 1.92 bits per heavy atom. The summed E-state index contributed by atoms with van der Waals surface area (Å²) in [5.74, 6) is -0.659. The molecular weight excluding hydrogens is 475 g/mol. The molecule has 190 valence electrons. The number of halogens is 3. The molecule has 2 N–H and O–H groups in total. The molecule has 0 atom stereocenters. The van der Waals surface area contributed by atoms with Crippen molar-refractivity contribution < 1.29 is 27.5 Å². The lowest BCUT2D eigenvalue weighted by Crippen LogP contribution is -2.34. The molecule has 0 bridgehead atoms. The largest absolute Gasteiger partial charge is 0.481 e. The number of ether oxygens (including phenoxy) is 1. The number of alkyl halides is 3. The van der Waals surface area contributed by atoms with Crippen LogP contribution in [0.4, 0.5) is 24.5 Å². The van der Waals surface area contributed by atoms with E-state index >= 15 is 0 Å². The van der Waals surface area contributed by atoms with Crippen LogP contribution in [0.3, 0.4) is 0 Å². The van der Waals surface area contributed by atoms with E-state index in [2.05, 4.69) is 25.1 Å². The molecule has 1 saturated heterocycles. The normalized spacial score (nSPS) is 14.4. The van der Waals surface area contributed by atoms with Crippen molar-refractivity contribution in [2.75, 3.05) is 37.0 Å². The van der Waals surface area contributed by atoms with Crippen LogP contribution in [0, 0.1) is 0 Å². The van der Waals surface area contributed by atoms with E-state index in [1.165, 1.54) is 6.07 Å². The molecule has 8 nitrogen and oxygen atoms in total. The number of amides is 2. The number of piperidine rings is 1. The maximum atomic E-state index is 12.8. The predicted octanol–water partition coefficient (Wildman–Crippen LogP) is 4.12. The Balaban J connectivity index is 1.25. The summed E-state index contributed by atoms with van der Waals surface area (Å²) in [6, 6.07) is 9.92. The zero-order chi connectivity index (χ0) is 25.7. The van der Waals surface area contributed by atoms with E-state index in [9.17, 15) is 22.8 Å². The van der Waals surface area contributed by atoms with Gasteiger partial charge in [-0.1, -0.05) is 6.07 Å². The van der Waals surface area contributed by atoms with E-state index in [0.717, 1.165) is 49.8 Å². The third-order valence-electron chi connectivity index (χ3n) is 6.04. The van der Waals surface area contributed by atoms with Crippen LogP contribution < -0.4 is 20.3 Å². The first kappa shape index (κ1) is 25.1. The van der Waals surface area contributed by atoms with Crippen LogP contribution in [-0.4, -0.2) is 48.1 Å². The van der Waals surface area contributed by atoms with E-state index in [-0.39, 0.29) is 18.2 Å². The van der Waals surface area contributed by atoms with Gasteiger partial charge in [0.1, 0.15) is 0 Å². The maximum absolute atomic E-state index is 12.8. The summed E-state index contributed by atoms with van der Waals surface area (Å²) in [6.07, 6.45) is 2.81. The van der Waals surface area contributed by atoms with Crippen LogP contribution in [0.2, 0.25) is 0 Å². The minimum Gasteiger partial charge on any atom is -0.481 e. The number of nitrogens with one attached hydrogen (secondary N) is 2. The average molecular weight is 502 g/mol. The summed E-state index contributed by atoms with van der Waals surface area (Å²) in [4.78, 5) is 31.0. The molecule has 1 fully saturated rings. The molecule has 0 unspecified atom stereocenters. The molecule has 2 aromatic heterocycles. The van der Waals surface area contributed by atoms with Gasteiger partial charge in [-0.05, 0) is 43.2 Å². The zero-order valence-electron chi connectivity index (χ0n) is 19.6. The molecule has 3 heterocycles. The Hall–Kier alpha value is -4.02. The second-order valence-corrected chi connectivity index (χ2v) is 8.43. The standard InChI is InChI=1S/C25H26F3N5O3/c1-36-23-6-5-21(14-29-23)32-11-8-20(9-12-32)33-10-7-19(16-33)31-22(34)15-30-24(35)17-3-2-4-18(13-17)25(26,27)28/h2-7,10,13-14,16,20H,8-9,11-12,15H2,1H3,(H,30,35)(H,31,34). The van der Waals surface area contributed by atoms with Crippen molar-refractivity contribution in [2.24, 2.45) is 0 Å². The number of carbonyl (C=O) groups excluding carboxylic acids is 2. The summed E-state index contributed by atoms with van der Waals surface area (Å²) in [5.41, 5.74) is 0.532. The van der Waals surface area contributed by atoms with Crippen LogP contribution in [0.1, 0.15) is 34.8 Å². The Morgan fingerprint density at radius 1 is 1.14 bits per heavy atom. The number of nitrogens with zero attached hydrogens (tertiary/aromatic N) is 3. The van der Waals surface area contributed by atoms with Crippen LogP contribution in [0.25, 0.3) is 0 Å². The lowest BCUT2D eigenvalue weighted by atomic mass is 10.0. The first-order valence-electron chi connectivity index (χ1n) is 11.4. The van der Waals surface area contributed by atoms with Crippen molar-refractivity contribution >= 4 is 23.2 Å². The number of aromatic nitrogens is 2. The number of rotatable bonds is 7. The summed E-state index contributed by atoms with van der Waals surface area (Å²) in [7, 11) is 1.58. The highest BCUT2D eigenvalue weighted by Crippen LogP contribution is 2.30. The molecule has 0 radical (unpaired) electrons. The van der Waals surface area contributed by atoms with Crippen molar-refractivity contribution in [3.63, 3.8) is 0 Å². The molecule has 3 aromatic rings. The molecule has 0 spiro atoms. The topological polar surface area (TPSA) is 88.5 Å². The Morgan fingerprint density at radius 3 is 2.58 bits per heavy atom. The minimum absolute atomic E-state index is 0.166. The van der Waals surface area contributed by atoms with Gasteiger partial charge in [0.2, 0.25) is 11.8 Å². The number of benzene rings is 1. The van der Waals surface area contributed by atoms with Gasteiger partial charge >= 0.3 is 6.18 Å². The number of methoxy groups -OCH3 is 1. The zero-order valence-corrected chi connectivity index (χ0v) is 19.6. The van der Waals surface area contributed by atoms with Gasteiger partial charge in [0.25, 0.3) is 5.91 Å². The number of hydrogen-bond donors (Lipinski definition) is 2. The Kier molecular flexibility index (Phi) is 7.47. The van der Waals surface area contributed by atoms with Crippen molar-refractivity contribution in [3.8, 4) is 5.88 Å². The molecule has 1 aliphatic rings. The Bertz CT molecular complexity index is 1200. The fourth-order valence-corrected chi connectivity index (χ4v) is 4.12. The van der Waals surface area contributed by atoms with E-state index in [0.29, 0.717) is 11.6 Å². The van der Waals surface area contributed by atoms with Gasteiger partial charge in [-0.2, -0.15) is 13.2 Å². The monoisotopic (exact) mass is 501 g/mol. The van der Waals surface area contributed by atoms with Gasteiger partial charge in [0.15, 0.2) is 0 Å².